The minimum absolute atomic E-state index is 0.226. The number of nitrogens with one attached hydrogen (secondary N) is 1. The van der Waals surface area contributed by atoms with E-state index in [1.165, 1.54) is 0 Å². The summed E-state index contributed by atoms with van der Waals surface area (Å²) in [6, 6.07) is 14.0. The van der Waals surface area contributed by atoms with Crippen LogP contribution < -0.4 is 9.62 Å². The lowest BCUT2D eigenvalue weighted by Crippen LogP contribution is -2.36. The lowest BCUT2D eigenvalue weighted by Gasteiger charge is -2.28. The summed E-state index contributed by atoms with van der Waals surface area (Å²) in [5.74, 6) is 0. The molecule has 5 nitrogen and oxygen atoms in total. The number of sulfonamides is 1. The second kappa shape index (κ2) is 6.90. The largest absolute Gasteiger partial charge is 0.378 e. The van der Waals surface area contributed by atoms with Crippen LogP contribution in [0.15, 0.2) is 57.9 Å². The average Bonchev–Trinajstić information content (AvgIpc) is 2.56. The van der Waals surface area contributed by atoms with Crippen molar-refractivity contribution in [1.29, 1.82) is 0 Å². The molecule has 0 radical (unpaired) electrons. The molecule has 122 valence electrons. The van der Waals surface area contributed by atoms with Crippen molar-refractivity contribution in [2.45, 2.75) is 4.90 Å². The molecule has 1 saturated heterocycles. The third-order valence-corrected chi connectivity index (χ3v) is 5.47. The van der Waals surface area contributed by atoms with Crippen LogP contribution in [0.3, 0.4) is 0 Å². The van der Waals surface area contributed by atoms with Crippen molar-refractivity contribution in [2.75, 3.05) is 35.9 Å². The van der Waals surface area contributed by atoms with E-state index in [0.29, 0.717) is 5.69 Å². The monoisotopic (exact) mass is 396 g/mol. The lowest BCUT2D eigenvalue weighted by atomic mass is 10.2. The highest BCUT2D eigenvalue weighted by molar-refractivity contribution is 9.10. The van der Waals surface area contributed by atoms with E-state index in [-0.39, 0.29) is 4.90 Å². The van der Waals surface area contributed by atoms with Crippen molar-refractivity contribution >= 4 is 37.3 Å². The van der Waals surface area contributed by atoms with Gasteiger partial charge in [-0.2, -0.15) is 0 Å². The number of hydrogen-bond acceptors (Lipinski definition) is 4. The van der Waals surface area contributed by atoms with Crippen LogP contribution in [0, 0.1) is 0 Å². The molecular formula is C16H17BrN2O3S. The first-order chi connectivity index (χ1) is 11.0. The Morgan fingerprint density at radius 3 is 2.39 bits per heavy atom. The number of halogens is 1. The zero-order chi connectivity index (χ0) is 16.3. The van der Waals surface area contributed by atoms with Gasteiger partial charge < -0.3 is 9.64 Å². The molecule has 3 rings (SSSR count). The number of benzene rings is 2. The van der Waals surface area contributed by atoms with E-state index < -0.39 is 10.0 Å². The molecule has 0 saturated carbocycles. The van der Waals surface area contributed by atoms with Crippen LogP contribution in [0.25, 0.3) is 0 Å². The molecule has 0 aromatic heterocycles. The average molecular weight is 397 g/mol. The number of nitrogens with zero attached hydrogens (tertiary/aromatic N) is 1. The molecule has 0 unspecified atom stereocenters. The second-order valence-corrected chi connectivity index (χ2v) is 7.81. The smallest absolute Gasteiger partial charge is 0.261 e. The molecule has 0 aliphatic carbocycles. The third-order valence-electron chi connectivity index (χ3n) is 3.60. The Bertz CT molecular complexity index is 772. The van der Waals surface area contributed by atoms with Crippen LogP contribution in [0.1, 0.15) is 0 Å². The summed E-state index contributed by atoms with van der Waals surface area (Å²) in [5, 5.41) is 0. The summed E-state index contributed by atoms with van der Waals surface area (Å²) >= 11 is 3.29. The number of hydrogen-bond donors (Lipinski definition) is 1. The Morgan fingerprint density at radius 1 is 1.04 bits per heavy atom. The number of anilines is 2. The van der Waals surface area contributed by atoms with Gasteiger partial charge in [-0.3, -0.25) is 4.72 Å². The van der Waals surface area contributed by atoms with Crippen molar-refractivity contribution in [3.63, 3.8) is 0 Å². The van der Waals surface area contributed by atoms with E-state index >= 15 is 0 Å². The van der Waals surface area contributed by atoms with Crippen LogP contribution >= 0.6 is 15.9 Å². The summed E-state index contributed by atoms with van der Waals surface area (Å²) in [6.45, 7) is 3.14. The van der Waals surface area contributed by atoms with Gasteiger partial charge in [0.25, 0.3) is 10.0 Å². The van der Waals surface area contributed by atoms with Crippen molar-refractivity contribution in [3.05, 3.63) is 53.0 Å². The second-order valence-electron chi connectivity index (χ2n) is 5.21. The van der Waals surface area contributed by atoms with Crippen molar-refractivity contribution in [3.8, 4) is 0 Å². The number of morpholine rings is 1. The predicted molar refractivity (Wildman–Crippen MR) is 94.4 cm³/mol. The molecule has 1 N–H and O–H groups in total. The fourth-order valence-corrected chi connectivity index (χ4v) is 4.06. The van der Waals surface area contributed by atoms with Gasteiger partial charge in [0.05, 0.1) is 18.1 Å². The molecule has 1 aliphatic heterocycles. The standard InChI is InChI=1S/C16H17BrN2O3S/c17-13-2-1-3-16(12-13)23(20,21)18-14-4-6-15(7-5-14)19-8-10-22-11-9-19/h1-7,12,18H,8-11H2. The summed E-state index contributed by atoms with van der Waals surface area (Å²) in [5.41, 5.74) is 1.61. The Hall–Kier alpha value is -1.57. The van der Waals surface area contributed by atoms with E-state index in [0.717, 1.165) is 36.5 Å². The van der Waals surface area contributed by atoms with Crippen molar-refractivity contribution in [2.24, 2.45) is 0 Å². The minimum atomic E-state index is -3.59. The van der Waals surface area contributed by atoms with Crippen LogP contribution in [0.4, 0.5) is 11.4 Å². The first kappa shape index (κ1) is 16.3. The van der Waals surface area contributed by atoms with Gasteiger partial charge in [-0.15, -0.1) is 0 Å². The molecule has 1 heterocycles. The highest BCUT2D eigenvalue weighted by Gasteiger charge is 2.15. The normalized spacial score (nSPS) is 15.4. The van der Waals surface area contributed by atoms with Crippen LogP contribution in [0.5, 0.6) is 0 Å². The molecule has 7 heteroatoms. The topological polar surface area (TPSA) is 58.6 Å². The quantitative estimate of drug-likeness (QED) is 0.862. The fourth-order valence-electron chi connectivity index (χ4n) is 2.41. The molecule has 0 bridgehead atoms. The van der Waals surface area contributed by atoms with Gasteiger partial charge in [-0.05, 0) is 42.5 Å². The Kier molecular flexibility index (Phi) is 4.89. The van der Waals surface area contributed by atoms with Crippen LogP contribution in [-0.2, 0) is 14.8 Å². The fraction of sp³-hybridized carbons (Fsp3) is 0.250. The summed E-state index contributed by atoms with van der Waals surface area (Å²) in [7, 11) is -3.59. The molecule has 2 aromatic rings. The first-order valence-electron chi connectivity index (χ1n) is 7.26. The molecule has 0 spiro atoms. The van der Waals surface area contributed by atoms with E-state index in [4.69, 9.17) is 4.74 Å². The Labute approximate surface area is 144 Å². The van der Waals surface area contributed by atoms with Crippen molar-refractivity contribution in [1.82, 2.24) is 0 Å². The number of rotatable bonds is 4. The predicted octanol–water partition coefficient (Wildman–Crippen LogP) is 3.09. The first-order valence-corrected chi connectivity index (χ1v) is 9.53. The van der Waals surface area contributed by atoms with Gasteiger partial charge in [0.2, 0.25) is 0 Å². The summed E-state index contributed by atoms with van der Waals surface area (Å²) in [4.78, 5) is 2.44. The van der Waals surface area contributed by atoms with Gasteiger partial charge in [0.1, 0.15) is 0 Å². The maximum atomic E-state index is 12.4. The van der Waals surface area contributed by atoms with Gasteiger partial charge in [0, 0.05) is 28.9 Å². The SMILES string of the molecule is O=S(=O)(Nc1ccc(N2CCOCC2)cc1)c1cccc(Br)c1. The van der Waals surface area contributed by atoms with Gasteiger partial charge >= 0.3 is 0 Å². The van der Waals surface area contributed by atoms with E-state index in [1.54, 1.807) is 36.4 Å². The zero-order valence-electron chi connectivity index (χ0n) is 12.4. The molecule has 0 amide bonds. The van der Waals surface area contributed by atoms with Gasteiger partial charge in [0.15, 0.2) is 0 Å². The van der Waals surface area contributed by atoms with E-state index in [9.17, 15) is 8.42 Å². The summed E-state index contributed by atoms with van der Waals surface area (Å²) < 4.78 is 33.4. The van der Waals surface area contributed by atoms with Crippen LogP contribution in [-0.4, -0.2) is 34.7 Å². The molecule has 2 aromatic carbocycles. The lowest BCUT2D eigenvalue weighted by molar-refractivity contribution is 0.122. The van der Waals surface area contributed by atoms with Gasteiger partial charge in [-0.1, -0.05) is 22.0 Å². The van der Waals surface area contributed by atoms with Crippen LogP contribution in [0.2, 0.25) is 0 Å². The van der Waals surface area contributed by atoms with Crippen molar-refractivity contribution < 1.29 is 13.2 Å². The summed E-state index contributed by atoms with van der Waals surface area (Å²) in [6.07, 6.45) is 0. The molecule has 0 atom stereocenters. The molecular weight excluding hydrogens is 380 g/mol. The molecule has 1 aliphatic rings. The highest BCUT2D eigenvalue weighted by atomic mass is 79.9. The Balaban J connectivity index is 1.75. The maximum absolute atomic E-state index is 12.4. The van der Waals surface area contributed by atoms with E-state index in [2.05, 4.69) is 25.6 Å². The third kappa shape index (κ3) is 4.04. The van der Waals surface area contributed by atoms with E-state index in [1.807, 2.05) is 12.1 Å². The van der Waals surface area contributed by atoms with Gasteiger partial charge in [-0.25, -0.2) is 8.42 Å². The Morgan fingerprint density at radius 2 is 1.74 bits per heavy atom. The molecule has 1 fully saturated rings. The zero-order valence-corrected chi connectivity index (χ0v) is 14.8. The minimum Gasteiger partial charge on any atom is -0.378 e. The maximum Gasteiger partial charge on any atom is 0.261 e. The highest BCUT2D eigenvalue weighted by Crippen LogP contribution is 2.22. The molecule has 23 heavy (non-hydrogen) atoms. The number of ether oxygens (including phenoxy) is 1.